The number of aldehydes is 1. The molecule has 0 unspecified atom stereocenters. The maximum Gasteiger partial charge on any atom is 0.304 e. The number of amides is 2. The number of carbonyl (C=O) groups is 4. The summed E-state index contributed by atoms with van der Waals surface area (Å²) in [5.41, 5.74) is 3.92. The molecule has 4 aromatic heterocycles. The van der Waals surface area contributed by atoms with Gasteiger partial charge in [-0.1, -0.05) is 24.3 Å². The molecule has 0 radical (unpaired) electrons. The average Bonchev–Trinajstić information content (AvgIpc) is 3.30. The van der Waals surface area contributed by atoms with E-state index in [-0.39, 0.29) is 37.9 Å². The first-order chi connectivity index (χ1) is 31.3. The number of carboxylic acids is 1. The molecule has 0 atom stereocenters. The zero-order valence-corrected chi connectivity index (χ0v) is 37.1. The van der Waals surface area contributed by atoms with Crippen LogP contribution in [0.4, 0.5) is 0 Å². The van der Waals surface area contributed by atoms with E-state index < -0.39 is 5.97 Å². The molecular weight excluding hydrogens is 813 g/mol. The fraction of sp³-hybridized carbons (Fsp3) is 0.489. The van der Waals surface area contributed by atoms with Crippen LogP contribution in [0.3, 0.4) is 0 Å². The fourth-order valence-electron chi connectivity index (χ4n) is 7.50. The molecule has 1 aliphatic rings. The number of aliphatic carboxylic acids is 1. The first-order valence-corrected chi connectivity index (χ1v) is 22.4. The molecule has 0 spiro atoms. The van der Waals surface area contributed by atoms with Gasteiger partial charge in [0.05, 0.1) is 37.4 Å². The Labute approximate surface area is 377 Å². The minimum atomic E-state index is -0.877. The van der Waals surface area contributed by atoms with Crippen molar-refractivity contribution in [3.8, 4) is 0 Å². The van der Waals surface area contributed by atoms with Crippen molar-refractivity contribution in [3.63, 3.8) is 0 Å². The topological polar surface area (TPSA) is 184 Å². The molecule has 5 rings (SSSR count). The number of carboxylic acid groups (broad SMARTS) is 1. The van der Waals surface area contributed by atoms with Crippen LogP contribution in [0.5, 0.6) is 0 Å². The van der Waals surface area contributed by atoms with Crippen molar-refractivity contribution in [2.45, 2.75) is 32.4 Å². The number of nitrogens with one attached hydrogen (secondary N) is 2. The molecule has 0 aliphatic carbocycles. The molecule has 5 heterocycles. The summed E-state index contributed by atoms with van der Waals surface area (Å²) in [6.45, 7) is 10.3. The monoisotopic (exact) mass is 879 g/mol. The van der Waals surface area contributed by atoms with Crippen LogP contribution < -0.4 is 10.6 Å². The summed E-state index contributed by atoms with van der Waals surface area (Å²) in [6, 6.07) is 23.5. The van der Waals surface area contributed by atoms with Crippen molar-refractivity contribution in [2.75, 3.05) is 118 Å². The van der Waals surface area contributed by atoms with Crippen LogP contribution >= 0.6 is 0 Å². The Balaban J connectivity index is 1.13. The van der Waals surface area contributed by atoms with Crippen LogP contribution in [-0.4, -0.2) is 196 Å². The van der Waals surface area contributed by atoms with E-state index in [1.54, 1.807) is 24.8 Å². The van der Waals surface area contributed by atoms with Crippen LogP contribution in [0.1, 0.15) is 29.2 Å². The minimum Gasteiger partial charge on any atom is -0.481 e. The third-order valence-electron chi connectivity index (χ3n) is 11.2. The van der Waals surface area contributed by atoms with E-state index in [4.69, 9.17) is 0 Å². The minimum absolute atomic E-state index is 0.0151. The summed E-state index contributed by atoms with van der Waals surface area (Å²) < 4.78 is 0. The van der Waals surface area contributed by atoms with Gasteiger partial charge in [-0.25, -0.2) is 0 Å². The van der Waals surface area contributed by atoms with E-state index in [1.807, 2.05) is 72.8 Å². The molecule has 1 saturated heterocycles. The lowest BCUT2D eigenvalue weighted by Crippen LogP contribution is -2.50. The number of pyridine rings is 4. The number of rotatable bonds is 25. The van der Waals surface area contributed by atoms with Crippen molar-refractivity contribution in [2.24, 2.45) is 0 Å². The van der Waals surface area contributed by atoms with E-state index >= 15 is 0 Å². The van der Waals surface area contributed by atoms with E-state index in [2.05, 4.69) is 60.0 Å². The molecule has 3 N–H and O–H groups in total. The zero-order chi connectivity index (χ0) is 45.0. The Hall–Kier alpha value is -5.56. The molecular formula is C47H66N12O5. The molecule has 1 aliphatic heterocycles. The second-order valence-electron chi connectivity index (χ2n) is 16.0. The molecule has 0 saturated carbocycles. The van der Waals surface area contributed by atoms with Crippen LogP contribution in [0.25, 0.3) is 0 Å². The lowest BCUT2D eigenvalue weighted by Gasteiger charge is -2.33. The Morgan fingerprint density at radius 3 is 1.31 bits per heavy atom. The number of carbonyl (C=O) groups excluding carboxylic acids is 3. The Kier molecular flexibility index (Phi) is 22.4. The first-order valence-electron chi connectivity index (χ1n) is 22.4. The summed E-state index contributed by atoms with van der Waals surface area (Å²) in [5, 5.41) is 15.8. The van der Waals surface area contributed by atoms with Gasteiger partial charge < -0.3 is 25.4 Å². The van der Waals surface area contributed by atoms with E-state index in [0.29, 0.717) is 98.2 Å². The highest BCUT2D eigenvalue weighted by atomic mass is 16.4. The molecule has 0 aromatic carbocycles. The number of hydrogen-bond acceptors (Lipinski definition) is 14. The van der Waals surface area contributed by atoms with Crippen molar-refractivity contribution < 1.29 is 24.3 Å². The SMILES string of the molecule is O=CCN1CCN(CC(=O)NCCN(CCc2ccccn2)Cc2ccccn2)CCN(CCC(=O)O)CCN(CC(=O)NCCN(CCc2ccccn2)Cc2ccccn2)CC1. The van der Waals surface area contributed by atoms with Gasteiger partial charge in [-0.2, -0.15) is 0 Å². The largest absolute Gasteiger partial charge is 0.481 e. The predicted molar refractivity (Wildman–Crippen MR) is 245 cm³/mol. The highest BCUT2D eigenvalue weighted by molar-refractivity contribution is 5.78. The summed E-state index contributed by atoms with van der Waals surface area (Å²) in [7, 11) is 0. The zero-order valence-electron chi connectivity index (χ0n) is 37.1. The van der Waals surface area contributed by atoms with Crippen LogP contribution in [0, 0.1) is 0 Å². The third-order valence-corrected chi connectivity index (χ3v) is 11.2. The van der Waals surface area contributed by atoms with Crippen LogP contribution in [0.2, 0.25) is 0 Å². The quantitative estimate of drug-likeness (QED) is 0.0807. The number of nitrogens with zero attached hydrogens (tertiary/aromatic N) is 10. The second-order valence-corrected chi connectivity index (χ2v) is 16.0. The molecule has 4 aromatic rings. The van der Waals surface area contributed by atoms with E-state index in [0.717, 1.165) is 55.0 Å². The Morgan fingerprint density at radius 1 is 0.547 bits per heavy atom. The van der Waals surface area contributed by atoms with E-state index in [9.17, 15) is 24.3 Å². The van der Waals surface area contributed by atoms with Crippen LogP contribution in [-0.2, 0) is 45.1 Å². The summed E-state index contributed by atoms with van der Waals surface area (Å²) in [4.78, 5) is 81.1. The molecule has 344 valence electrons. The lowest BCUT2D eigenvalue weighted by molar-refractivity contribution is -0.137. The highest BCUT2D eigenvalue weighted by Gasteiger charge is 2.20. The van der Waals surface area contributed by atoms with Gasteiger partial charge in [-0.3, -0.25) is 58.8 Å². The van der Waals surface area contributed by atoms with Gasteiger partial charge in [0.25, 0.3) is 0 Å². The average molecular weight is 879 g/mol. The predicted octanol–water partition coefficient (Wildman–Crippen LogP) is 1.18. The van der Waals surface area contributed by atoms with Gasteiger partial charge in [-0.15, -0.1) is 0 Å². The summed E-state index contributed by atoms with van der Waals surface area (Å²) in [5.74, 6) is -1.07. The maximum absolute atomic E-state index is 13.4. The second kappa shape index (κ2) is 29.0. The molecule has 17 nitrogen and oxygen atoms in total. The highest BCUT2D eigenvalue weighted by Crippen LogP contribution is 2.07. The van der Waals surface area contributed by atoms with Crippen molar-refractivity contribution in [3.05, 3.63) is 120 Å². The molecule has 2 amide bonds. The van der Waals surface area contributed by atoms with Gasteiger partial charge in [-0.05, 0) is 48.5 Å². The molecule has 1 fully saturated rings. The number of hydrogen-bond donors (Lipinski definition) is 3. The Morgan fingerprint density at radius 2 is 0.938 bits per heavy atom. The van der Waals surface area contributed by atoms with Gasteiger partial charge in [0.2, 0.25) is 11.8 Å². The van der Waals surface area contributed by atoms with Gasteiger partial charge in [0, 0.05) is 160 Å². The van der Waals surface area contributed by atoms with Crippen molar-refractivity contribution in [1.82, 2.24) is 60.0 Å². The Bertz CT molecular complexity index is 1790. The molecule has 64 heavy (non-hydrogen) atoms. The molecule has 0 bridgehead atoms. The smallest absolute Gasteiger partial charge is 0.304 e. The standard InChI is InChI=1S/C47H66N12O5/c60-36-35-55-29-33-58(39-45(61)52-20-25-56(37-43-11-3-7-18-50-43)22-13-41-9-1-5-16-48-41)31-27-54(24-15-47(63)64)28-32-59(34-30-55)40-46(62)53-21-26-57(38-44-12-4-8-19-51-44)23-14-42-10-2-6-17-49-42/h1-12,16-19,36H,13-15,20-35,37-40H2,(H,52,61)(H,53,62)(H,63,64). The van der Waals surface area contributed by atoms with E-state index in [1.165, 1.54) is 0 Å². The van der Waals surface area contributed by atoms with Gasteiger partial charge in [0.1, 0.15) is 6.29 Å². The lowest BCUT2D eigenvalue weighted by atomic mass is 10.2. The summed E-state index contributed by atoms with van der Waals surface area (Å²) >= 11 is 0. The van der Waals surface area contributed by atoms with Gasteiger partial charge >= 0.3 is 5.97 Å². The van der Waals surface area contributed by atoms with Crippen molar-refractivity contribution >= 4 is 24.1 Å². The van der Waals surface area contributed by atoms with Gasteiger partial charge in [0.15, 0.2) is 0 Å². The third kappa shape index (κ3) is 20.3. The van der Waals surface area contributed by atoms with Crippen molar-refractivity contribution in [1.29, 1.82) is 0 Å². The van der Waals surface area contributed by atoms with Crippen LogP contribution in [0.15, 0.2) is 97.6 Å². The normalized spacial score (nSPS) is 15.0. The fourth-order valence-corrected chi connectivity index (χ4v) is 7.50. The first kappa shape index (κ1) is 49.5. The maximum atomic E-state index is 13.4. The number of aromatic nitrogens is 4. The molecule has 17 heteroatoms. The summed E-state index contributed by atoms with van der Waals surface area (Å²) in [6.07, 6.45) is 9.59.